The minimum atomic E-state index is -0.152. The van der Waals surface area contributed by atoms with Crippen LogP contribution in [-0.4, -0.2) is 20.6 Å². The van der Waals surface area contributed by atoms with Crippen LogP contribution in [0.1, 0.15) is 25.3 Å². The summed E-state index contributed by atoms with van der Waals surface area (Å²) >= 11 is 23.1. The van der Waals surface area contributed by atoms with Gasteiger partial charge in [-0.1, -0.05) is 41.7 Å². The third kappa shape index (κ3) is 3.98. The second-order valence-corrected chi connectivity index (χ2v) is 10.3. The van der Waals surface area contributed by atoms with Crippen molar-refractivity contribution in [3.8, 4) is 0 Å². The molecule has 0 aliphatic carbocycles. The molecule has 0 N–H and O–H groups in total. The lowest BCUT2D eigenvalue weighted by molar-refractivity contribution is 0.606. The van der Waals surface area contributed by atoms with Crippen LogP contribution in [0.4, 0.5) is 0 Å². The zero-order valence-electron chi connectivity index (χ0n) is 12.6. The average Bonchev–Trinajstić information content (AvgIpc) is 2.97. The molecule has 0 bridgehead atoms. The normalized spacial score (nSPS) is 24.8. The molecule has 0 radical (unpaired) electrons. The molecule has 1 aliphatic heterocycles. The van der Waals surface area contributed by atoms with Crippen LogP contribution in [0.2, 0.25) is 15.1 Å². The largest absolute Gasteiger partial charge is 0.337 e. The van der Waals surface area contributed by atoms with E-state index in [1.807, 2.05) is 36.0 Å². The molecular weight excluding hydrogens is 391 g/mol. The topological polar surface area (TPSA) is 17.8 Å². The van der Waals surface area contributed by atoms with Crippen LogP contribution in [0.25, 0.3) is 0 Å². The number of hydrogen-bond acceptors (Lipinski definition) is 3. The number of imidazole rings is 1. The lowest BCUT2D eigenvalue weighted by atomic mass is 10.1. The summed E-state index contributed by atoms with van der Waals surface area (Å²) < 4.78 is 1.95. The van der Waals surface area contributed by atoms with Gasteiger partial charge in [0.2, 0.25) is 0 Å². The van der Waals surface area contributed by atoms with Crippen LogP contribution >= 0.6 is 58.3 Å². The van der Waals surface area contributed by atoms with Crippen molar-refractivity contribution in [1.29, 1.82) is 0 Å². The molecule has 2 unspecified atom stereocenters. The third-order valence-corrected chi connectivity index (χ3v) is 8.10. The van der Waals surface area contributed by atoms with Gasteiger partial charge in [-0.05, 0) is 30.7 Å². The fourth-order valence-corrected chi connectivity index (χ4v) is 8.16. The van der Waals surface area contributed by atoms with Crippen molar-refractivity contribution in [2.24, 2.45) is 0 Å². The predicted octanol–water partition coefficient (Wildman–Crippen LogP) is 6.35. The molecule has 2 aromatic rings. The highest BCUT2D eigenvalue weighted by Crippen LogP contribution is 2.58. The molecule has 3 rings (SSSR count). The molecule has 1 aromatic heterocycles. The van der Waals surface area contributed by atoms with E-state index in [2.05, 4.69) is 16.5 Å². The summed E-state index contributed by atoms with van der Waals surface area (Å²) in [6.07, 6.45) is 7.77. The molecule has 0 amide bonds. The molecule has 2 nitrogen and oxygen atoms in total. The summed E-state index contributed by atoms with van der Waals surface area (Å²) in [6, 6.07) is 3.59. The van der Waals surface area contributed by atoms with E-state index in [-0.39, 0.29) is 4.08 Å². The number of rotatable bonds is 4. The Morgan fingerprint density at radius 2 is 2.04 bits per heavy atom. The van der Waals surface area contributed by atoms with Crippen molar-refractivity contribution in [1.82, 2.24) is 9.55 Å². The Morgan fingerprint density at radius 1 is 1.30 bits per heavy atom. The van der Waals surface area contributed by atoms with Crippen LogP contribution in [0.15, 0.2) is 30.9 Å². The van der Waals surface area contributed by atoms with Crippen molar-refractivity contribution in [3.63, 3.8) is 0 Å². The number of hydrogen-bond donors (Lipinski definition) is 0. The van der Waals surface area contributed by atoms with E-state index in [0.717, 1.165) is 24.3 Å². The SMILES string of the molecule is CC1CCSC(CCn2ccnc2)(c2c(Cl)cc(Cl)cc2Cl)S1. The monoisotopic (exact) mass is 406 g/mol. The molecule has 0 saturated carbocycles. The first kappa shape index (κ1) is 17.8. The Balaban J connectivity index is 1.98. The molecule has 0 spiro atoms. The Kier molecular flexibility index (Phi) is 5.80. The van der Waals surface area contributed by atoms with Gasteiger partial charge in [0.15, 0.2) is 0 Å². The van der Waals surface area contributed by atoms with Gasteiger partial charge in [-0.3, -0.25) is 0 Å². The number of nitrogens with zero attached hydrogens (tertiary/aromatic N) is 2. The maximum absolute atomic E-state index is 6.55. The van der Waals surface area contributed by atoms with Crippen molar-refractivity contribution in [2.75, 3.05) is 5.75 Å². The maximum Gasteiger partial charge on any atom is 0.0945 e. The molecule has 1 saturated heterocycles. The zero-order valence-corrected chi connectivity index (χ0v) is 16.5. The summed E-state index contributed by atoms with van der Waals surface area (Å²) in [5, 5.41) is 2.46. The van der Waals surface area contributed by atoms with Gasteiger partial charge < -0.3 is 4.57 Å². The Labute approximate surface area is 160 Å². The number of aromatic nitrogens is 2. The number of benzene rings is 1. The first-order valence-electron chi connectivity index (χ1n) is 7.43. The second kappa shape index (κ2) is 7.49. The van der Waals surface area contributed by atoms with Crippen molar-refractivity contribution in [3.05, 3.63) is 51.5 Å². The molecule has 1 fully saturated rings. The maximum atomic E-state index is 6.55. The van der Waals surface area contributed by atoms with Crippen LogP contribution in [0.5, 0.6) is 0 Å². The second-order valence-electron chi connectivity index (χ2n) is 5.61. The number of thioether (sulfide) groups is 2. The molecule has 7 heteroatoms. The summed E-state index contributed by atoms with van der Waals surface area (Å²) in [7, 11) is 0. The molecule has 1 aromatic carbocycles. The summed E-state index contributed by atoms with van der Waals surface area (Å²) in [5.74, 6) is 1.10. The number of aryl methyl sites for hydroxylation is 1. The van der Waals surface area contributed by atoms with E-state index in [1.54, 1.807) is 18.3 Å². The highest BCUT2D eigenvalue weighted by atomic mass is 35.5. The smallest absolute Gasteiger partial charge is 0.0945 e. The lowest BCUT2D eigenvalue weighted by Crippen LogP contribution is -2.28. The van der Waals surface area contributed by atoms with Gasteiger partial charge in [0.25, 0.3) is 0 Å². The third-order valence-electron chi connectivity index (χ3n) is 3.90. The van der Waals surface area contributed by atoms with Gasteiger partial charge in [0.1, 0.15) is 0 Å². The Morgan fingerprint density at radius 3 is 2.65 bits per heavy atom. The van der Waals surface area contributed by atoms with Crippen LogP contribution < -0.4 is 0 Å². The fraction of sp³-hybridized carbons (Fsp3) is 0.438. The van der Waals surface area contributed by atoms with E-state index in [0.29, 0.717) is 20.3 Å². The van der Waals surface area contributed by atoms with Gasteiger partial charge in [0, 0.05) is 44.8 Å². The van der Waals surface area contributed by atoms with E-state index in [1.165, 1.54) is 6.42 Å². The fourth-order valence-electron chi connectivity index (χ4n) is 2.80. The minimum Gasteiger partial charge on any atom is -0.337 e. The highest BCUT2D eigenvalue weighted by molar-refractivity contribution is 8.18. The first-order chi connectivity index (χ1) is 11.0. The van der Waals surface area contributed by atoms with Crippen LogP contribution in [0, 0.1) is 0 Å². The number of halogens is 3. The van der Waals surface area contributed by atoms with E-state index in [9.17, 15) is 0 Å². The van der Waals surface area contributed by atoms with E-state index < -0.39 is 0 Å². The predicted molar refractivity (Wildman–Crippen MR) is 104 cm³/mol. The van der Waals surface area contributed by atoms with E-state index in [4.69, 9.17) is 34.8 Å². The van der Waals surface area contributed by atoms with Gasteiger partial charge in [-0.15, -0.1) is 23.5 Å². The molecule has 23 heavy (non-hydrogen) atoms. The van der Waals surface area contributed by atoms with E-state index >= 15 is 0 Å². The standard InChI is InChI=1S/C16H17Cl3N2S2/c1-11-2-7-22-16(23-11,3-5-21-6-4-20-10-21)15-13(18)8-12(17)9-14(15)19/h4,6,8-11H,2-3,5,7H2,1H3. The molecule has 124 valence electrons. The van der Waals surface area contributed by atoms with Crippen LogP contribution in [-0.2, 0) is 10.6 Å². The Bertz CT molecular complexity index is 655. The average molecular weight is 408 g/mol. The van der Waals surface area contributed by atoms with Crippen molar-refractivity contribution >= 4 is 58.3 Å². The summed E-state index contributed by atoms with van der Waals surface area (Å²) in [4.78, 5) is 4.12. The Hall–Kier alpha value is -0.0000000000000000555. The van der Waals surface area contributed by atoms with Gasteiger partial charge in [0.05, 0.1) is 10.4 Å². The minimum absolute atomic E-state index is 0.152. The van der Waals surface area contributed by atoms with Crippen molar-refractivity contribution in [2.45, 2.75) is 35.6 Å². The highest BCUT2D eigenvalue weighted by Gasteiger charge is 2.41. The molecule has 1 aliphatic rings. The summed E-state index contributed by atoms with van der Waals surface area (Å²) in [5.41, 5.74) is 1.01. The van der Waals surface area contributed by atoms with Crippen molar-refractivity contribution < 1.29 is 0 Å². The molecule has 2 heterocycles. The summed E-state index contributed by atoms with van der Waals surface area (Å²) in [6.45, 7) is 3.15. The van der Waals surface area contributed by atoms with Crippen LogP contribution in [0.3, 0.4) is 0 Å². The van der Waals surface area contributed by atoms with Gasteiger partial charge in [-0.25, -0.2) is 4.98 Å². The zero-order chi connectivity index (χ0) is 16.4. The molecular formula is C16H17Cl3N2S2. The molecule has 2 atom stereocenters. The van der Waals surface area contributed by atoms with Gasteiger partial charge >= 0.3 is 0 Å². The first-order valence-corrected chi connectivity index (χ1v) is 10.4. The lowest BCUT2D eigenvalue weighted by Gasteiger charge is -2.40. The quantitative estimate of drug-likeness (QED) is 0.588. The van der Waals surface area contributed by atoms with Gasteiger partial charge in [-0.2, -0.15) is 0 Å².